The third-order valence-electron chi connectivity index (χ3n) is 1.55. The fraction of sp³-hybridized carbons (Fsp3) is 0.143. The van der Waals surface area contributed by atoms with Crippen molar-refractivity contribution >= 4 is 34.8 Å². The average Bonchev–Trinajstić information content (AvgIpc) is 2.72. The molecule has 2 aromatic rings. The van der Waals surface area contributed by atoms with Crippen LogP contribution in [0.1, 0.15) is 4.88 Å². The summed E-state index contributed by atoms with van der Waals surface area (Å²) >= 11 is 7.30. The van der Waals surface area contributed by atoms with E-state index in [9.17, 15) is 0 Å². The molecule has 0 atom stereocenters. The molecule has 0 fully saturated rings. The molecule has 0 aliphatic heterocycles. The lowest BCUT2D eigenvalue weighted by Crippen LogP contribution is -1.99. The molecular weight excluding hydrogens is 222 g/mol. The van der Waals surface area contributed by atoms with Crippen LogP contribution in [-0.2, 0) is 6.54 Å². The van der Waals surface area contributed by atoms with Gasteiger partial charge in [-0.15, -0.1) is 16.4 Å². The summed E-state index contributed by atoms with van der Waals surface area (Å²) in [5, 5.41) is 9.39. The highest BCUT2D eigenvalue weighted by Crippen LogP contribution is 2.21. The fourth-order valence-corrected chi connectivity index (χ4v) is 1.99. The topological polar surface area (TPSA) is 79.6 Å². The molecule has 0 unspecified atom stereocenters. The molecule has 2 rings (SSSR count). The van der Waals surface area contributed by atoms with E-state index >= 15 is 0 Å². The van der Waals surface area contributed by atoms with E-state index in [2.05, 4.69) is 20.5 Å². The highest BCUT2D eigenvalue weighted by molar-refractivity contribution is 7.16. The molecule has 0 saturated heterocycles. The lowest BCUT2D eigenvalue weighted by Gasteiger charge is -1.96. The largest absolute Gasteiger partial charge is 0.368 e. The summed E-state index contributed by atoms with van der Waals surface area (Å²) in [6.07, 6.45) is 0. The molecule has 14 heavy (non-hydrogen) atoms. The molecule has 0 aliphatic rings. The van der Waals surface area contributed by atoms with Crippen LogP contribution in [0.25, 0.3) is 0 Å². The van der Waals surface area contributed by atoms with Gasteiger partial charge in [0, 0.05) is 4.88 Å². The molecule has 0 aromatic carbocycles. The van der Waals surface area contributed by atoms with Crippen LogP contribution in [0.15, 0.2) is 12.1 Å². The summed E-state index contributed by atoms with van der Waals surface area (Å²) in [5.41, 5.74) is 5.36. The number of anilines is 2. The van der Waals surface area contributed by atoms with Crippen molar-refractivity contribution in [2.24, 2.45) is 0 Å². The van der Waals surface area contributed by atoms with Gasteiger partial charge >= 0.3 is 0 Å². The SMILES string of the molecule is Nc1nc(NCc2ccc(Cl)s2)n[nH]1. The highest BCUT2D eigenvalue weighted by Gasteiger charge is 2.01. The number of nitrogens with zero attached hydrogens (tertiary/aromatic N) is 2. The second-order valence-electron chi connectivity index (χ2n) is 2.60. The maximum Gasteiger partial charge on any atom is 0.243 e. The van der Waals surface area contributed by atoms with Crippen LogP contribution in [-0.4, -0.2) is 15.2 Å². The number of H-pyrrole nitrogens is 1. The number of hydrogen-bond acceptors (Lipinski definition) is 5. The first-order valence-corrected chi connectivity index (χ1v) is 5.09. The van der Waals surface area contributed by atoms with Crippen LogP contribution in [0.4, 0.5) is 11.9 Å². The number of nitrogens with two attached hydrogens (primary N) is 1. The molecule has 5 nitrogen and oxygen atoms in total. The Morgan fingerprint density at radius 3 is 3.00 bits per heavy atom. The zero-order valence-electron chi connectivity index (χ0n) is 7.12. The number of nitrogens with one attached hydrogen (secondary N) is 2. The van der Waals surface area contributed by atoms with E-state index in [-0.39, 0.29) is 0 Å². The summed E-state index contributed by atoms with van der Waals surface area (Å²) in [6.45, 7) is 0.648. The van der Waals surface area contributed by atoms with E-state index in [1.54, 1.807) is 0 Å². The van der Waals surface area contributed by atoms with E-state index in [0.29, 0.717) is 18.4 Å². The highest BCUT2D eigenvalue weighted by atomic mass is 35.5. The van der Waals surface area contributed by atoms with Gasteiger partial charge in [0.2, 0.25) is 11.9 Å². The first kappa shape index (κ1) is 9.29. The molecule has 2 heterocycles. The second-order valence-corrected chi connectivity index (χ2v) is 4.40. The van der Waals surface area contributed by atoms with Crippen LogP contribution in [0, 0.1) is 0 Å². The van der Waals surface area contributed by atoms with E-state index < -0.39 is 0 Å². The van der Waals surface area contributed by atoms with Crippen molar-refractivity contribution in [2.75, 3.05) is 11.1 Å². The van der Waals surface area contributed by atoms with Crippen LogP contribution < -0.4 is 11.1 Å². The van der Waals surface area contributed by atoms with Gasteiger partial charge in [-0.25, -0.2) is 5.10 Å². The summed E-state index contributed by atoms with van der Waals surface area (Å²) < 4.78 is 0.774. The Morgan fingerprint density at radius 2 is 2.43 bits per heavy atom. The number of aromatic amines is 1. The van der Waals surface area contributed by atoms with Crippen molar-refractivity contribution < 1.29 is 0 Å². The standard InChI is InChI=1S/C7H8ClN5S/c8-5-2-1-4(14-5)3-10-7-11-6(9)12-13-7/h1-2H,3H2,(H4,9,10,11,12,13). The average molecular weight is 230 g/mol. The van der Waals surface area contributed by atoms with Crippen molar-refractivity contribution in [1.29, 1.82) is 0 Å². The lowest BCUT2D eigenvalue weighted by molar-refractivity contribution is 1.06. The van der Waals surface area contributed by atoms with E-state index in [4.69, 9.17) is 17.3 Å². The Labute approximate surface area is 89.3 Å². The molecule has 0 radical (unpaired) electrons. The third-order valence-corrected chi connectivity index (χ3v) is 2.78. The van der Waals surface area contributed by atoms with Crippen molar-refractivity contribution in [3.8, 4) is 0 Å². The molecule has 4 N–H and O–H groups in total. The Morgan fingerprint density at radius 1 is 1.57 bits per heavy atom. The summed E-state index contributed by atoms with van der Waals surface area (Å²) in [4.78, 5) is 5.03. The first-order chi connectivity index (χ1) is 6.74. The molecule has 0 aliphatic carbocycles. The van der Waals surface area contributed by atoms with Gasteiger partial charge in [-0.05, 0) is 12.1 Å². The molecule has 0 amide bonds. The van der Waals surface area contributed by atoms with Gasteiger partial charge in [0.15, 0.2) is 0 Å². The number of halogens is 1. The maximum atomic E-state index is 5.78. The van der Waals surface area contributed by atoms with E-state index in [0.717, 1.165) is 9.21 Å². The van der Waals surface area contributed by atoms with Crippen LogP contribution in [0.3, 0.4) is 0 Å². The van der Waals surface area contributed by atoms with Crippen molar-refractivity contribution in [3.63, 3.8) is 0 Å². The number of thiophene rings is 1. The van der Waals surface area contributed by atoms with Gasteiger partial charge in [-0.2, -0.15) is 4.98 Å². The van der Waals surface area contributed by atoms with Gasteiger partial charge in [0.05, 0.1) is 10.9 Å². The van der Waals surface area contributed by atoms with E-state index in [1.807, 2.05) is 12.1 Å². The smallest absolute Gasteiger partial charge is 0.243 e. The van der Waals surface area contributed by atoms with Gasteiger partial charge in [0.25, 0.3) is 0 Å². The number of aromatic nitrogens is 3. The number of hydrogen-bond donors (Lipinski definition) is 3. The molecule has 0 saturated carbocycles. The Bertz CT molecular complexity index is 383. The molecule has 2 aromatic heterocycles. The monoisotopic (exact) mass is 229 g/mol. The van der Waals surface area contributed by atoms with Crippen LogP contribution in [0.5, 0.6) is 0 Å². The number of rotatable bonds is 3. The Balaban J connectivity index is 1.94. The summed E-state index contributed by atoms with van der Waals surface area (Å²) in [6, 6.07) is 3.81. The van der Waals surface area contributed by atoms with Crippen LogP contribution >= 0.6 is 22.9 Å². The van der Waals surface area contributed by atoms with Gasteiger partial charge in [-0.1, -0.05) is 11.6 Å². The minimum Gasteiger partial charge on any atom is -0.368 e. The normalized spacial score (nSPS) is 10.4. The van der Waals surface area contributed by atoms with Crippen molar-refractivity contribution in [2.45, 2.75) is 6.54 Å². The summed E-state index contributed by atoms with van der Waals surface area (Å²) in [7, 11) is 0. The Hall–Kier alpha value is -1.27. The molecule has 0 spiro atoms. The van der Waals surface area contributed by atoms with Gasteiger partial charge in [0.1, 0.15) is 0 Å². The molecule has 7 heteroatoms. The summed E-state index contributed by atoms with van der Waals surface area (Å²) in [5.74, 6) is 0.795. The molecular formula is C7H8ClN5S. The van der Waals surface area contributed by atoms with Crippen molar-refractivity contribution in [3.05, 3.63) is 21.3 Å². The molecule has 74 valence electrons. The predicted octanol–water partition coefficient (Wildman–Crippen LogP) is 1.71. The fourth-order valence-electron chi connectivity index (χ4n) is 0.966. The first-order valence-electron chi connectivity index (χ1n) is 3.90. The second kappa shape index (κ2) is 3.85. The van der Waals surface area contributed by atoms with Gasteiger partial charge in [-0.3, -0.25) is 0 Å². The third kappa shape index (κ3) is 2.15. The van der Waals surface area contributed by atoms with Crippen LogP contribution in [0.2, 0.25) is 4.34 Å². The minimum absolute atomic E-state index is 0.303. The zero-order chi connectivity index (χ0) is 9.97. The van der Waals surface area contributed by atoms with Gasteiger partial charge < -0.3 is 11.1 Å². The zero-order valence-corrected chi connectivity index (χ0v) is 8.69. The van der Waals surface area contributed by atoms with E-state index in [1.165, 1.54) is 11.3 Å². The maximum absolute atomic E-state index is 5.78. The number of nitrogen functional groups attached to an aromatic ring is 1. The predicted molar refractivity (Wildman–Crippen MR) is 57.5 cm³/mol. The lowest BCUT2D eigenvalue weighted by atomic mass is 10.5. The molecule has 0 bridgehead atoms. The Kier molecular flexibility index (Phi) is 2.55. The van der Waals surface area contributed by atoms with Crippen molar-refractivity contribution in [1.82, 2.24) is 15.2 Å². The quantitative estimate of drug-likeness (QED) is 0.749. The minimum atomic E-state index is 0.303.